The Morgan fingerprint density at radius 2 is 1.92 bits per heavy atom. The molecule has 0 atom stereocenters. The fraction of sp³-hybridized carbons (Fsp3) is 0. The summed E-state index contributed by atoms with van der Waals surface area (Å²) in [6.45, 7) is 0. The predicted molar refractivity (Wildman–Crippen MR) is 93.6 cm³/mol. The molecule has 4 rings (SSSR count). The molecule has 0 aliphatic heterocycles. The van der Waals surface area contributed by atoms with Crippen molar-refractivity contribution in [3.05, 3.63) is 73.6 Å². The van der Waals surface area contributed by atoms with Crippen LogP contribution in [0.25, 0.3) is 27.5 Å². The Labute approximate surface area is 142 Å². The van der Waals surface area contributed by atoms with E-state index in [-0.39, 0.29) is 11.2 Å². The van der Waals surface area contributed by atoms with Gasteiger partial charge in [-0.2, -0.15) is 0 Å². The van der Waals surface area contributed by atoms with Crippen LogP contribution in [0.3, 0.4) is 0 Å². The summed E-state index contributed by atoms with van der Waals surface area (Å²) < 4.78 is 1.90. The molecule has 0 fully saturated rings. The summed E-state index contributed by atoms with van der Waals surface area (Å²) in [6.07, 6.45) is 1.48. The van der Waals surface area contributed by atoms with Crippen LogP contribution < -0.4 is 5.56 Å². The summed E-state index contributed by atoms with van der Waals surface area (Å²) in [5, 5.41) is 15.0. The van der Waals surface area contributed by atoms with E-state index in [1.807, 2.05) is 18.2 Å². The molecule has 0 radical (unpaired) electrons. The molecule has 0 saturated carbocycles. The van der Waals surface area contributed by atoms with E-state index >= 15 is 0 Å². The van der Waals surface area contributed by atoms with E-state index < -0.39 is 4.92 Å². The van der Waals surface area contributed by atoms with Crippen LogP contribution in [0.1, 0.15) is 0 Å². The third-order valence-corrected chi connectivity index (χ3v) is 4.40. The summed E-state index contributed by atoms with van der Waals surface area (Å²) in [4.78, 5) is 27.5. The Kier molecular flexibility index (Phi) is 3.20. The van der Waals surface area contributed by atoms with Crippen LogP contribution >= 0.6 is 15.9 Å². The van der Waals surface area contributed by atoms with Gasteiger partial charge in [0.2, 0.25) is 0 Å². The minimum absolute atomic E-state index is 0.0722. The molecule has 0 aliphatic rings. The first-order valence-electron chi connectivity index (χ1n) is 6.99. The molecule has 0 unspecified atom stereocenters. The summed E-state index contributed by atoms with van der Waals surface area (Å²) in [7, 11) is 0. The molecule has 0 bridgehead atoms. The number of fused-ring (bicyclic) bond motifs is 3. The van der Waals surface area contributed by atoms with E-state index in [0.29, 0.717) is 32.0 Å². The maximum Gasteiger partial charge on any atom is 0.280 e. The fourth-order valence-electron chi connectivity index (χ4n) is 2.68. The van der Waals surface area contributed by atoms with Crippen molar-refractivity contribution in [3.63, 3.8) is 0 Å². The molecular formula is C16H9BrN4O3. The van der Waals surface area contributed by atoms with Crippen LogP contribution in [0.5, 0.6) is 0 Å². The molecule has 7 nitrogen and oxygen atoms in total. The molecule has 2 aromatic carbocycles. The summed E-state index contributed by atoms with van der Waals surface area (Å²) >= 11 is 3.31. The maximum atomic E-state index is 12.6. The van der Waals surface area contributed by atoms with Gasteiger partial charge in [0.15, 0.2) is 0 Å². The molecule has 2 heterocycles. The monoisotopic (exact) mass is 384 g/mol. The number of nitro groups is 1. The molecule has 1 N–H and O–H groups in total. The van der Waals surface area contributed by atoms with Crippen molar-refractivity contribution < 1.29 is 4.92 Å². The molecule has 118 valence electrons. The number of nitrogens with zero attached hydrogens (tertiary/aromatic N) is 3. The summed E-state index contributed by atoms with van der Waals surface area (Å²) in [5.74, 6) is 0. The zero-order chi connectivity index (χ0) is 16.8. The highest BCUT2D eigenvalue weighted by Crippen LogP contribution is 2.31. The van der Waals surface area contributed by atoms with E-state index in [0.717, 1.165) is 0 Å². The highest BCUT2D eigenvalue weighted by atomic mass is 79.9. The molecule has 8 heteroatoms. The zero-order valence-electron chi connectivity index (χ0n) is 12.1. The number of H-pyrrole nitrogens is 1. The first-order valence-corrected chi connectivity index (χ1v) is 7.78. The largest absolute Gasteiger partial charge is 0.290 e. The number of aromatic amines is 1. The van der Waals surface area contributed by atoms with Crippen LogP contribution in [-0.4, -0.2) is 19.7 Å². The lowest BCUT2D eigenvalue weighted by Crippen LogP contribution is -2.13. The number of nitro benzene ring substituents is 1. The average Bonchev–Trinajstić information content (AvgIpc) is 2.93. The molecule has 0 spiro atoms. The number of non-ortho nitro benzene ring substituents is 1. The molecule has 4 aromatic rings. The van der Waals surface area contributed by atoms with Gasteiger partial charge < -0.3 is 0 Å². The normalized spacial score (nSPS) is 11.2. The van der Waals surface area contributed by atoms with Crippen LogP contribution in [0.4, 0.5) is 5.69 Å². The van der Waals surface area contributed by atoms with Crippen LogP contribution in [0, 0.1) is 10.1 Å². The topological polar surface area (TPSA) is 93.8 Å². The van der Waals surface area contributed by atoms with E-state index in [1.165, 1.54) is 23.0 Å². The third-order valence-electron chi connectivity index (χ3n) is 3.79. The lowest BCUT2D eigenvalue weighted by molar-refractivity contribution is -0.384. The van der Waals surface area contributed by atoms with Crippen LogP contribution in [-0.2, 0) is 0 Å². The van der Waals surface area contributed by atoms with Gasteiger partial charge in [0.25, 0.3) is 11.2 Å². The smallest absolute Gasteiger partial charge is 0.280 e. The number of nitrogens with one attached hydrogen (secondary N) is 1. The summed E-state index contributed by atoms with van der Waals surface area (Å²) in [6, 6.07) is 11.9. The number of halogens is 1. The van der Waals surface area contributed by atoms with Crippen LogP contribution in [0.2, 0.25) is 0 Å². The van der Waals surface area contributed by atoms with Crippen molar-refractivity contribution in [1.82, 2.24) is 14.8 Å². The molecular weight excluding hydrogens is 376 g/mol. The van der Waals surface area contributed by atoms with Gasteiger partial charge in [-0.15, -0.1) is 0 Å². The van der Waals surface area contributed by atoms with Crippen molar-refractivity contribution >= 4 is 43.4 Å². The number of hydrogen-bond acceptors (Lipinski definition) is 4. The van der Waals surface area contributed by atoms with Crippen LogP contribution in [0.15, 0.2) is 57.9 Å². The number of pyridine rings is 1. The zero-order valence-corrected chi connectivity index (χ0v) is 13.6. The minimum Gasteiger partial charge on any atom is -0.290 e. The lowest BCUT2D eigenvalue weighted by Gasteiger charge is -2.02. The average molecular weight is 385 g/mol. The van der Waals surface area contributed by atoms with Gasteiger partial charge in [-0.1, -0.05) is 18.2 Å². The second-order valence-electron chi connectivity index (χ2n) is 5.22. The SMILES string of the molecule is O=c1c2cnc3c(Br)cc([N+](=O)[O-])cc3c2[nH]n1-c1ccccc1. The van der Waals surface area contributed by atoms with Crippen molar-refractivity contribution in [3.8, 4) is 5.69 Å². The Morgan fingerprint density at radius 1 is 1.17 bits per heavy atom. The highest BCUT2D eigenvalue weighted by molar-refractivity contribution is 9.10. The number of rotatable bonds is 2. The van der Waals surface area contributed by atoms with E-state index in [4.69, 9.17) is 0 Å². The molecule has 24 heavy (non-hydrogen) atoms. The highest BCUT2D eigenvalue weighted by Gasteiger charge is 2.17. The number of hydrogen-bond donors (Lipinski definition) is 1. The third kappa shape index (κ3) is 2.11. The van der Waals surface area contributed by atoms with E-state index in [2.05, 4.69) is 26.0 Å². The summed E-state index contributed by atoms with van der Waals surface area (Å²) in [5.41, 5.74) is 1.41. The van der Waals surface area contributed by atoms with Gasteiger partial charge in [0.1, 0.15) is 0 Å². The molecule has 0 amide bonds. The first kappa shape index (κ1) is 14.6. The Hall–Kier alpha value is -3.00. The van der Waals surface area contributed by atoms with Gasteiger partial charge in [-0.05, 0) is 28.1 Å². The fourth-order valence-corrected chi connectivity index (χ4v) is 3.23. The van der Waals surface area contributed by atoms with Crippen molar-refractivity contribution in [1.29, 1.82) is 0 Å². The second kappa shape index (κ2) is 5.27. The Bertz CT molecular complexity index is 1160. The second-order valence-corrected chi connectivity index (χ2v) is 6.07. The van der Waals surface area contributed by atoms with Crippen molar-refractivity contribution in [2.24, 2.45) is 0 Å². The number of benzene rings is 2. The lowest BCUT2D eigenvalue weighted by atomic mass is 10.1. The van der Waals surface area contributed by atoms with Gasteiger partial charge in [-0.3, -0.25) is 25.0 Å². The molecule has 0 aliphatic carbocycles. The van der Waals surface area contributed by atoms with E-state index in [1.54, 1.807) is 12.1 Å². The predicted octanol–water partition coefficient (Wildman–Crippen LogP) is 3.54. The number of para-hydroxylation sites is 1. The minimum atomic E-state index is -0.477. The number of aromatic nitrogens is 3. The quantitative estimate of drug-likeness (QED) is 0.422. The Balaban J connectivity index is 2.12. The van der Waals surface area contributed by atoms with Gasteiger partial charge in [-0.25, -0.2) is 4.68 Å². The van der Waals surface area contributed by atoms with Gasteiger partial charge >= 0.3 is 0 Å². The standard InChI is InChI=1S/C16H9BrN4O3/c17-13-7-10(21(23)24)6-11-14-12(8-18-15(11)13)16(22)20(19-14)9-4-2-1-3-5-9/h1-8,19H. The van der Waals surface area contributed by atoms with E-state index in [9.17, 15) is 14.9 Å². The molecule has 2 aromatic heterocycles. The van der Waals surface area contributed by atoms with Crippen molar-refractivity contribution in [2.75, 3.05) is 0 Å². The maximum absolute atomic E-state index is 12.6. The van der Waals surface area contributed by atoms with Crippen molar-refractivity contribution in [2.45, 2.75) is 0 Å². The first-order chi connectivity index (χ1) is 11.6. The Morgan fingerprint density at radius 3 is 2.62 bits per heavy atom. The van der Waals surface area contributed by atoms with Gasteiger partial charge in [0, 0.05) is 23.7 Å². The molecule has 0 saturated heterocycles. The van der Waals surface area contributed by atoms with Gasteiger partial charge in [0.05, 0.1) is 31.5 Å².